The molecule has 0 aliphatic carbocycles. The van der Waals surface area contributed by atoms with Crippen molar-refractivity contribution < 1.29 is 5.11 Å². The highest BCUT2D eigenvalue weighted by atomic mass is 16.3. The van der Waals surface area contributed by atoms with E-state index in [1.54, 1.807) is 0 Å². The lowest BCUT2D eigenvalue weighted by molar-refractivity contribution is 0.282. The highest BCUT2D eigenvalue weighted by Gasteiger charge is 1.99. The van der Waals surface area contributed by atoms with E-state index in [1.807, 2.05) is 12.1 Å². The van der Waals surface area contributed by atoms with E-state index in [0.717, 1.165) is 18.7 Å². The molecule has 0 aliphatic heterocycles. The van der Waals surface area contributed by atoms with Crippen molar-refractivity contribution in [3.05, 3.63) is 70.3 Å². The average Bonchev–Trinajstić information content (AvgIpc) is 2.43. The predicted octanol–water partition coefficient (Wildman–Crippen LogP) is 3.09. The Bertz CT molecular complexity index is 531. The standard InChI is InChI=1S/C17H21NO/c1-13-3-4-14(2)17(9-13)11-18-10-15-5-7-16(12-19)8-6-15/h3-9,18-19H,10-12H2,1-2H3. The first-order chi connectivity index (χ1) is 9.19. The van der Waals surface area contributed by atoms with Gasteiger partial charge in [0, 0.05) is 13.1 Å². The number of hydrogen-bond acceptors (Lipinski definition) is 2. The molecule has 0 unspecified atom stereocenters. The van der Waals surface area contributed by atoms with Gasteiger partial charge < -0.3 is 10.4 Å². The van der Waals surface area contributed by atoms with Gasteiger partial charge in [-0.3, -0.25) is 0 Å². The van der Waals surface area contributed by atoms with E-state index in [2.05, 4.69) is 49.5 Å². The van der Waals surface area contributed by atoms with Crippen LogP contribution in [0.3, 0.4) is 0 Å². The summed E-state index contributed by atoms with van der Waals surface area (Å²) in [5, 5.41) is 12.5. The zero-order chi connectivity index (χ0) is 13.7. The molecule has 0 heterocycles. The highest BCUT2D eigenvalue weighted by molar-refractivity contribution is 5.30. The molecule has 2 N–H and O–H groups in total. The Hall–Kier alpha value is -1.64. The number of rotatable bonds is 5. The lowest BCUT2D eigenvalue weighted by atomic mass is 10.1. The molecule has 0 spiro atoms. The van der Waals surface area contributed by atoms with Crippen LogP contribution in [0.2, 0.25) is 0 Å². The van der Waals surface area contributed by atoms with Gasteiger partial charge in [-0.2, -0.15) is 0 Å². The summed E-state index contributed by atoms with van der Waals surface area (Å²) >= 11 is 0. The van der Waals surface area contributed by atoms with Crippen LogP contribution in [0.4, 0.5) is 0 Å². The van der Waals surface area contributed by atoms with Gasteiger partial charge in [0.2, 0.25) is 0 Å². The molecule has 2 nitrogen and oxygen atoms in total. The molecule has 0 aromatic heterocycles. The van der Waals surface area contributed by atoms with Crippen molar-refractivity contribution in [2.24, 2.45) is 0 Å². The summed E-state index contributed by atoms with van der Waals surface area (Å²) in [6.07, 6.45) is 0. The SMILES string of the molecule is Cc1ccc(C)c(CNCc2ccc(CO)cc2)c1. The fourth-order valence-corrected chi connectivity index (χ4v) is 2.09. The van der Waals surface area contributed by atoms with Gasteiger partial charge in [0.1, 0.15) is 0 Å². The summed E-state index contributed by atoms with van der Waals surface area (Å²) in [6, 6.07) is 14.6. The van der Waals surface area contributed by atoms with E-state index in [0.29, 0.717) is 0 Å². The highest BCUT2D eigenvalue weighted by Crippen LogP contribution is 2.11. The smallest absolute Gasteiger partial charge is 0.0681 e. The molecule has 100 valence electrons. The zero-order valence-corrected chi connectivity index (χ0v) is 11.6. The van der Waals surface area contributed by atoms with E-state index in [4.69, 9.17) is 5.11 Å². The number of hydrogen-bond donors (Lipinski definition) is 2. The molecule has 2 aromatic rings. The third-order valence-electron chi connectivity index (χ3n) is 3.35. The van der Waals surface area contributed by atoms with Gasteiger partial charge in [0.05, 0.1) is 6.61 Å². The summed E-state index contributed by atoms with van der Waals surface area (Å²) in [4.78, 5) is 0. The Morgan fingerprint density at radius 2 is 1.58 bits per heavy atom. The van der Waals surface area contributed by atoms with E-state index < -0.39 is 0 Å². The van der Waals surface area contributed by atoms with Gasteiger partial charge in [-0.1, -0.05) is 48.0 Å². The first-order valence-corrected chi connectivity index (χ1v) is 6.64. The van der Waals surface area contributed by atoms with Crippen LogP contribution in [0.5, 0.6) is 0 Å². The quantitative estimate of drug-likeness (QED) is 0.860. The number of aliphatic hydroxyl groups is 1. The number of aryl methyl sites for hydroxylation is 2. The Morgan fingerprint density at radius 3 is 2.26 bits per heavy atom. The topological polar surface area (TPSA) is 32.3 Å². The fourth-order valence-electron chi connectivity index (χ4n) is 2.09. The molecule has 2 heteroatoms. The van der Waals surface area contributed by atoms with E-state index in [1.165, 1.54) is 22.3 Å². The van der Waals surface area contributed by atoms with Crippen LogP contribution in [0.25, 0.3) is 0 Å². The van der Waals surface area contributed by atoms with Crippen molar-refractivity contribution in [1.29, 1.82) is 0 Å². The molecule has 0 bridgehead atoms. The van der Waals surface area contributed by atoms with Crippen LogP contribution < -0.4 is 5.32 Å². The third-order valence-corrected chi connectivity index (χ3v) is 3.35. The molecule has 2 rings (SSSR count). The largest absolute Gasteiger partial charge is 0.392 e. The van der Waals surface area contributed by atoms with Gasteiger partial charge >= 0.3 is 0 Å². The lowest BCUT2D eigenvalue weighted by Gasteiger charge is -2.09. The predicted molar refractivity (Wildman–Crippen MR) is 78.8 cm³/mol. The van der Waals surface area contributed by atoms with Gasteiger partial charge in [-0.25, -0.2) is 0 Å². The Labute approximate surface area is 115 Å². The maximum atomic E-state index is 8.99. The number of benzene rings is 2. The minimum absolute atomic E-state index is 0.107. The van der Waals surface area contributed by atoms with E-state index in [9.17, 15) is 0 Å². The van der Waals surface area contributed by atoms with Crippen LogP contribution >= 0.6 is 0 Å². The summed E-state index contributed by atoms with van der Waals surface area (Å²) in [6.45, 7) is 6.10. The molecule has 0 saturated carbocycles. The molecule has 2 aromatic carbocycles. The maximum Gasteiger partial charge on any atom is 0.0681 e. The number of nitrogens with one attached hydrogen (secondary N) is 1. The van der Waals surface area contributed by atoms with Gasteiger partial charge in [0.25, 0.3) is 0 Å². The van der Waals surface area contributed by atoms with Crippen LogP contribution in [-0.2, 0) is 19.7 Å². The van der Waals surface area contributed by atoms with E-state index in [-0.39, 0.29) is 6.61 Å². The molecular formula is C17H21NO. The summed E-state index contributed by atoms with van der Waals surface area (Å²) in [7, 11) is 0. The molecule has 0 saturated heterocycles. The Kier molecular flexibility index (Phi) is 4.72. The summed E-state index contributed by atoms with van der Waals surface area (Å²) in [5.74, 6) is 0. The van der Waals surface area contributed by atoms with Crippen LogP contribution in [0, 0.1) is 13.8 Å². The molecule has 19 heavy (non-hydrogen) atoms. The molecule has 0 amide bonds. The van der Waals surface area contributed by atoms with Crippen LogP contribution in [0.15, 0.2) is 42.5 Å². The molecule has 0 aliphatic rings. The fraction of sp³-hybridized carbons (Fsp3) is 0.294. The lowest BCUT2D eigenvalue weighted by Crippen LogP contribution is -2.13. The van der Waals surface area contributed by atoms with Crippen LogP contribution in [0.1, 0.15) is 27.8 Å². The minimum atomic E-state index is 0.107. The van der Waals surface area contributed by atoms with Crippen molar-refractivity contribution >= 4 is 0 Å². The Balaban J connectivity index is 1.90. The molecule has 0 radical (unpaired) electrons. The monoisotopic (exact) mass is 255 g/mol. The minimum Gasteiger partial charge on any atom is -0.392 e. The van der Waals surface area contributed by atoms with Gasteiger partial charge in [0.15, 0.2) is 0 Å². The van der Waals surface area contributed by atoms with Crippen molar-refractivity contribution in [1.82, 2.24) is 5.32 Å². The van der Waals surface area contributed by atoms with E-state index >= 15 is 0 Å². The third kappa shape index (κ3) is 3.91. The van der Waals surface area contributed by atoms with Crippen molar-refractivity contribution in [3.8, 4) is 0 Å². The second-order valence-corrected chi connectivity index (χ2v) is 5.01. The van der Waals surface area contributed by atoms with Gasteiger partial charge in [-0.05, 0) is 36.1 Å². The van der Waals surface area contributed by atoms with Crippen molar-refractivity contribution in [3.63, 3.8) is 0 Å². The molecule has 0 fully saturated rings. The summed E-state index contributed by atoms with van der Waals surface area (Å²) < 4.78 is 0. The summed E-state index contributed by atoms with van der Waals surface area (Å²) in [5.41, 5.74) is 6.18. The maximum absolute atomic E-state index is 8.99. The Morgan fingerprint density at radius 1 is 0.895 bits per heavy atom. The normalized spacial score (nSPS) is 10.7. The molecule has 0 atom stereocenters. The average molecular weight is 255 g/mol. The van der Waals surface area contributed by atoms with Gasteiger partial charge in [-0.15, -0.1) is 0 Å². The van der Waals surface area contributed by atoms with Crippen molar-refractivity contribution in [2.75, 3.05) is 0 Å². The van der Waals surface area contributed by atoms with Crippen LogP contribution in [-0.4, -0.2) is 5.11 Å². The zero-order valence-electron chi connectivity index (χ0n) is 11.6. The first kappa shape index (κ1) is 13.8. The second-order valence-electron chi connectivity index (χ2n) is 5.01. The first-order valence-electron chi connectivity index (χ1n) is 6.64. The molecular weight excluding hydrogens is 234 g/mol. The van der Waals surface area contributed by atoms with Crippen molar-refractivity contribution in [2.45, 2.75) is 33.5 Å². The second kappa shape index (κ2) is 6.50. The number of aliphatic hydroxyl groups excluding tert-OH is 1.